The molecule has 1 aromatic carbocycles. The average Bonchev–Trinajstić information content (AvgIpc) is 2.28. The van der Waals surface area contributed by atoms with Crippen LogP contribution in [0.1, 0.15) is 32.4 Å². The van der Waals surface area contributed by atoms with Crippen LogP contribution in [-0.2, 0) is 9.53 Å². The molecule has 0 aromatic heterocycles. The van der Waals surface area contributed by atoms with E-state index >= 15 is 0 Å². The molecule has 0 fully saturated rings. The maximum absolute atomic E-state index is 11.5. The van der Waals surface area contributed by atoms with Crippen LogP contribution in [0, 0.1) is 0 Å². The highest BCUT2D eigenvalue weighted by atomic mass is 16.6. The molecule has 1 aromatic rings. The number of hydrogen-bond acceptors (Lipinski definition) is 5. The highest BCUT2D eigenvalue weighted by Crippen LogP contribution is 2.27. The Hall–Kier alpha value is -2.28. The van der Waals surface area contributed by atoms with E-state index in [4.69, 9.17) is 15.6 Å². The summed E-state index contributed by atoms with van der Waals surface area (Å²) in [7, 11) is 0. The minimum absolute atomic E-state index is 0.112. The molecule has 1 unspecified atom stereocenters. The lowest BCUT2D eigenvalue weighted by molar-refractivity contribution is -0.138. The van der Waals surface area contributed by atoms with Crippen molar-refractivity contribution in [3.8, 4) is 5.75 Å². The normalized spacial score (nSPS) is 12.6. The third-order valence-electron chi connectivity index (χ3n) is 2.28. The summed E-state index contributed by atoms with van der Waals surface area (Å²) in [5, 5.41) is 20.9. The van der Waals surface area contributed by atoms with Gasteiger partial charge >= 0.3 is 12.1 Å². The highest BCUT2D eigenvalue weighted by molar-refractivity contribution is 5.87. The van der Waals surface area contributed by atoms with E-state index in [0.717, 1.165) is 0 Å². The van der Waals surface area contributed by atoms with Crippen molar-refractivity contribution in [2.75, 3.05) is 5.32 Å². The topological polar surface area (TPSA) is 122 Å². The van der Waals surface area contributed by atoms with Crippen LogP contribution >= 0.6 is 0 Å². The number of hydrogen-bond donors (Lipinski definition) is 4. The number of aromatic hydroxyl groups is 1. The molecule has 0 aliphatic carbocycles. The van der Waals surface area contributed by atoms with Crippen molar-refractivity contribution < 1.29 is 24.5 Å². The molecule has 0 bridgehead atoms. The Labute approximate surface area is 116 Å². The van der Waals surface area contributed by atoms with Gasteiger partial charge in [-0.05, 0) is 38.5 Å². The first-order valence-corrected chi connectivity index (χ1v) is 5.91. The van der Waals surface area contributed by atoms with Crippen molar-refractivity contribution in [1.82, 2.24) is 0 Å². The van der Waals surface area contributed by atoms with Gasteiger partial charge in [-0.3, -0.25) is 10.1 Å². The second kappa shape index (κ2) is 5.79. The summed E-state index contributed by atoms with van der Waals surface area (Å²) < 4.78 is 5.03. The third kappa shape index (κ3) is 4.43. The summed E-state index contributed by atoms with van der Waals surface area (Å²) in [6.07, 6.45) is -0.719. The zero-order chi connectivity index (χ0) is 15.5. The van der Waals surface area contributed by atoms with Crippen molar-refractivity contribution in [3.63, 3.8) is 0 Å². The molecule has 110 valence electrons. The number of carboxylic acid groups (broad SMARTS) is 1. The summed E-state index contributed by atoms with van der Waals surface area (Å²) in [4.78, 5) is 22.3. The lowest BCUT2D eigenvalue weighted by atomic mass is 10.1. The third-order valence-corrected chi connectivity index (χ3v) is 2.28. The predicted molar refractivity (Wildman–Crippen MR) is 72.5 cm³/mol. The van der Waals surface area contributed by atoms with Gasteiger partial charge in [-0.25, -0.2) is 4.79 Å². The fraction of sp³-hybridized carbons (Fsp3) is 0.385. The zero-order valence-electron chi connectivity index (χ0n) is 11.5. The SMILES string of the molecule is CC(C)(C)OC(=O)Nc1ccc(C(N)C(=O)O)cc1O. The molecule has 1 amide bonds. The van der Waals surface area contributed by atoms with Gasteiger partial charge < -0.3 is 20.7 Å². The number of ether oxygens (including phenoxy) is 1. The minimum atomic E-state index is -1.24. The summed E-state index contributed by atoms with van der Waals surface area (Å²) in [5.74, 6) is -1.50. The van der Waals surface area contributed by atoms with E-state index in [9.17, 15) is 14.7 Å². The number of nitrogens with one attached hydrogen (secondary N) is 1. The Morgan fingerprint density at radius 1 is 1.35 bits per heavy atom. The second-order valence-corrected chi connectivity index (χ2v) is 5.22. The van der Waals surface area contributed by atoms with Crippen molar-refractivity contribution in [2.24, 2.45) is 5.73 Å². The van der Waals surface area contributed by atoms with E-state index in [-0.39, 0.29) is 17.0 Å². The first-order valence-electron chi connectivity index (χ1n) is 5.91. The van der Waals surface area contributed by atoms with Crippen LogP contribution in [-0.4, -0.2) is 27.9 Å². The molecule has 0 radical (unpaired) electrons. The number of anilines is 1. The van der Waals surface area contributed by atoms with Crippen LogP contribution in [0.3, 0.4) is 0 Å². The lowest BCUT2D eigenvalue weighted by Gasteiger charge is -2.20. The molecule has 0 heterocycles. The number of phenols is 1. The first kappa shape index (κ1) is 15.8. The molecule has 20 heavy (non-hydrogen) atoms. The Balaban J connectivity index is 2.84. The number of aliphatic carboxylic acids is 1. The number of carbonyl (C=O) groups excluding carboxylic acids is 1. The first-order chi connectivity index (χ1) is 9.10. The molecule has 7 heteroatoms. The van der Waals surface area contributed by atoms with Crippen LogP contribution in [0.4, 0.5) is 10.5 Å². The number of amides is 1. The van der Waals surface area contributed by atoms with Crippen LogP contribution < -0.4 is 11.1 Å². The average molecular weight is 282 g/mol. The fourth-order valence-electron chi connectivity index (χ4n) is 1.40. The van der Waals surface area contributed by atoms with E-state index in [1.165, 1.54) is 18.2 Å². The van der Waals surface area contributed by atoms with E-state index in [2.05, 4.69) is 5.32 Å². The maximum atomic E-state index is 11.5. The number of phenolic OH excluding ortho intramolecular Hbond substituents is 1. The Morgan fingerprint density at radius 2 is 1.95 bits per heavy atom. The lowest BCUT2D eigenvalue weighted by Crippen LogP contribution is -2.27. The Kier molecular flexibility index (Phi) is 4.57. The maximum Gasteiger partial charge on any atom is 0.412 e. The minimum Gasteiger partial charge on any atom is -0.506 e. The van der Waals surface area contributed by atoms with Crippen molar-refractivity contribution in [3.05, 3.63) is 23.8 Å². The molecule has 1 rings (SSSR count). The highest BCUT2D eigenvalue weighted by Gasteiger charge is 2.19. The van der Waals surface area contributed by atoms with Gasteiger partial charge in [0.2, 0.25) is 0 Å². The molecule has 0 aliphatic rings. The van der Waals surface area contributed by atoms with Gasteiger partial charge in [0.15, 0.2) is 0 Å². The summed E-state index contributed by atoms with van der Waals surface area (Å²) >= 11 is 0. The van der Waals surface area contributed by atoms with Gasteiger partial charge in [0.05, 0.1) is 5.69 Å². The van der Waals surface area contributed by atoms with Gasteiger partial charge in [0, 0.05) is 0 Å². The molecule has 7 nitrogen and oxygen atoms in total. The number of rotatable bonds is 3. The van der Waals surface area contributed by atoms with Gasteiger partial charge in [-0.2, -0.15) is 0 Å². The molecule has 0 saturated heterocycles. The number of nitrogens with two attached hydrogens (primary N) is 1. The molecule has 0 saturated carbocycles. The smallest absolute Gasteiger partial charge is 0.412 e. The summed E-state index contributed by atoms with van der Waals surface area (Å²) in [5.41, 5.74) is 5.10. The molecule has 5 N–H and O–H groups in total. The van der Waals surface area contributed by atoms with E-state index in [0.29, 0.717) is 0 Å². The van der Waals surface area contributed by atoms with Crippen molar-refractivity contribution >= 4 is 17.7 Å². The molecule has 0 aliphatic heterocycles. The van der Waals surface area contributed by atoms with Gasteiger partial charge in [0.25, 0.3) is 0 Å². The molecule has 1 atom stereocenters. The molecular weight excluding hydrogens is 264 g/mol. The monoisotopic (exact) mass is 282 g/mol. The van der Waals surface area contributed by atoms with E-state index < -0.39 is 23.7 Å². The number of carboxylic acids is 1. The summed E-state index contributed by atoms with van der Waals surface area (Å²) in [6, 6.07) is 2.71. The largest absolute Gasteiger partial charge is 0.506 e. The van der Waals surface area contributed by atoms with E-state index in [1.807, 2.05) is 0 Å². The summed E-state index contributed by atoms with van der Waals surface area (Å²) in [6.45, 7) is 5.13. The van der Waals surface area contributed by atoms with Crippen LogP contribution in [0.15, 0.2) is 18.2 Å². The van der Waals surface area contributed by atoms with Crippen molar-refractivity contribution in [1.29, 1.82) is 0 Å². The van der Waals surface area contributed by atoms with Crippen LogP contribution in [0.2, 0.25) is 0 Å². The van der Waals surface area contributed by atoms with Crippen LogP contribution in [0.25, 0.3) is 0 Å². The standard InChI is InChI=1S/C13H18N2O5/c1-13(2,3)20-12(19)15-8-5-4-7(6-9(8)16)10(14)11(17)18/h4-6,10,16H,14H2,1-3H3,(H,15,19)(H,17,18). The van der Waals surface area contributed by atoms with Gasteiger partial charge in [-0.1, -0.05) is 6.07 Å². The number of benzene rings is 1. The van der Waals surface area contributed by atoms with E-state index in [1.54, 1.807) is 20.8 Å². The molecule has 0 spiro atoms. The second-order valence-electron chi connectivity index (χ2n) is 5.22. The predicted octanol–water partition coefficient (Wildman–Crippen LogP) is 1.82. The quantitative estimate of drug-likeness (QED) is 0.627. The number of carbonyl (C=O) groups is 2. The Bertz CT molecular complexity index is 522. The molecular formula is C13H18N2O5. The van der Waals surface area contributed by atoms with Crippen molar-refractivity contribution in [2.45, 2.75) is 32.4 Å². The zero-order valence-corrected chi connectivity index (χ0v) is 11.5. The fourth-order valence-corrected chi connectivity index (χ4v) is 1.40. The van der Waals surface area contributed by atoms with Gasteiger partial charge in [0.1, 0.15) is 17.4 Å². The van der Waals surface area contributed by atoms with Gasteiger partial charge in [-0.15, -0.1) is 0 Å². The van der Waals surface area contributed by atoms with Crippen LogP contribution in [0.5, 0.6) is 5.75 Å². The Morgan fingerprint density at radius 3 is 2.40 bits per heavy atom.